The Hall–Kier alpha value is -2.85. The Bertz CT molecular complexity index is 1060. The van der Waals surface area contributed by atoms with E-state index in [1.165, 1.54) is 0 Å². The Labute approximate surface area is 172 Å². The predicted octanol–water partition coefficient (Wildman–Crippen LogP) is 6.26. The molecule has 0 fully saturated rings. The van der Waals surface area contributed by atoms with Crippen LogP contribution in [0, 0.1) is 17.0 Å². The normalized spacial score (nSPS) is 11.3. The molecule has 6 nitrogen and oxygen atoms in total. The number of aryl methyl sites for hydroxylation is 1. The van der Waals surface area contributed by atoms with Crippen LogP contribution in [0.25, 0.3) is 0 Å². The van der Waals surface area contributed by atoms with Gasteiger partial charge in [-0.25, -0.2) is 9.97 Å². The number of rotatable bonds is 5. The van der Waals surface area contributed by atoms with Crippen molar-refractivity contribution in [3.05, 3.63) is 75.1 Å². The zero-order chi connectivity index (χ0) is 21.2. The molecule has 0 saturated carbocycles. The second-order valence-corrected chi connectivity index (χ2v) is 7.34. The molecule has 1 N–H and O–H groups in total. The summed E-state index contributed by atoms with van der Waals surface area (Å²) in [6, 6.07) is 9.89. The maximum atomic E-state index is 13.0. The average Bonchev–Trinajstić information content (AvgIpc) is 2.64. The second kappa shape index (κ2) is 8.26. The molecule has 3 aromatic rings. The number of alkyl halides is 3. The maximum absolute atomic E-state index is 13.0. The summed E-state index contributed by atoms with van der Waals surface area (Å²) >= 11 is 7.01. The lowest BCUT2D eigenvalue weighted by Gasteiger charge is -2.12. The van der Waals surface area contributed by atoms with E-state index in [0.717, 1.165) is 41.9 Å². The molecule has 2 aromatic carbocycles. The van der Waals surface area contributed by atoms with Crippen LogP contribution in [0.2, 0.25) is 5.02 Å². The summed E-state index contributed by atoms with van der Waals surface area (Å²) in [6.45, 7) is 1.91. The molecule has 0 aliphatic heterocycles. The number of nitrogens with zero attached hydrogens (tertiary/aromatic N) is 3. The molecule has 0 saturated heterocycles. The summed E-state index contributed by atoms with van der Waals surface area (Å²) in [7, 11) is 0. The Morgan fingerprint density at radius 3 is 2.45 bits per heavy atom. The van der Waals surface area contributed by atoms with Crippen molar-refractivity contribution in [3.63, 3.8) is 0 Å². The minimum Gasteiger partial charge on any atom is -0.333 e. The van der Waals surface area contributed by atoms with E-state index in [1.54, 1.807) is 12.1 Å². The molecule has 0 aliphatic rings. The van der Waals surface area contributed by atoms with Gasteiger partial charge in [-0.3, -0.25) is 10.1 Å². The summed E-state index contributed by atoms with van der Waals surface area (Å²) in [6.07, 6.45) is -3.50. The van der Waals surface area contributed by atoms with Gasteiger partial charge >= 0.3 is 11.9 Å². The van der Waals surface area contributed by atoms with Gasteiger partial charge in [0.05, 0.1) is 21.2 Å². The van der Waals surface area contributed by atoms with Crippen molar-refractivity contribution >= 4 is 40.6 Å². The molecule has 1 aromatic heterocycles. The summed E-state index contributed by atoms with van der Waals surface area (Å²) < 4.78 is 38.9. The molecule has 0 spiro atoms. The van der Waals surface area contributed by atoms with Crippen LogP contribution in [-0.2, 0) is 6.18 Å². The van der Waals surface area contributed by atoms with Gasteiger partial charge in [0, 0.05) is 4.90 Å². The van der Waals surface area contributed by atoms with Crippen molar-refractivity contribution in [1.82, 2.24) is 9.97 Å². The third kappa shape index (κ3) is 4.96. The summed E-state index contributed by atoms with van der Waals surface area (Å²) in [5.74, 6) is -0.263. The van der Waals surface area contributed by atoms with Crippen molar-refractivity contribution < 1.29 is 18.1 Å². The van der Waals surface area contributed by atoms with Gasteiger partial charge in [-0.05, 0) is 37.3 Å². The van der Waals surface area contributed by atoms with Crippen LogP contribution < -0.4 is 5.32 Å². The van der Waals surface area contributed by atoms with E-state index in [9.17, 15) is 23.3 Å². The third-order valence-electron chi connectivity index (χ3n) is 3.75. The van der Waals surface area contributed by atoms with Gasteiger partial charge < -0.3 is 5.32 Å². The largest absolute Gasteiger partial charge is 0.416 e. The Morgan fingerprint density at radius 2 is 1.83 bits per heavy atom. The molecule has 3 rings (SSSR count). The van der Waals surface area contributed by atoms with Crippen LogP contribution in [-0.4, -0.2) is 14.9 Å². The Balaban J connectivity index is 2.00. The molecule has 150 valence electrons. The molecule has 0 radical (unpaired) electrons. The SMILES string of the molecule is Cc1ccc(Sc2ncnc(Nc3cc(C(F)(F)F)ccc3Cl)c2[N+](=O)[O-])cc1. The fourth-order valence-corrected chi connectivity index (χ4v) is 3.36. The monoisotopic (exact) mass is 440 g/mol. The van der Waals surface area contributed by atoms with Gasteiger partial charge in [-0.2, -0.15) is 13.2 Å². The van der Waals surface area contributed by atoms with Gasteiger partial charge in [-0.15, -0.1) is 0 Å². The molecule has 0 unspecified atom stereocenters. The number of nitro groups is 1. The highest BCUT2D eigenvalue weighted by Crippen LogP contribution is 2.39. The van der Waals surface area contributed by atoms with Gasteiger partial charge in [0.25, 0.3) is 0 Å². The predicted molar refractivity (Wildman–Crippen MR) is 104 cm³/mol. The smallest absolute Gasteiger partial charge is 0.333 e. The lowest BCUT2D eigenvalue weighted by molar-refractivity contribution is -0.387. The molecule has 11 heteroatoms. The van der Waals surface area contributed by atoms with Crippen LogP contribution in [0.1, 0.15) is 11.1 Å². The van der Waals surface area contributed by atoms with Crippen LogP contribution in [0.5, 0.6) is 0 Å². The fourth-order valence-electron chi connectivity index (χ4n) is 2.34. The molecule has 0 atom stereocenters. The second-order valence-electron chi connectivity index (χ2n) is 5.87. The first-order chi connectivity index (χ1) is 13.6. The third-order valence-corrected chi connectivity index (χ3v) is 5.08. The van der Waals surface area contributed by atoms with E-state index in [2.05, 4.69) is 15.3 Å². The first kappa shape index (κ1) is 20.9. The number of hydrogen-bond acceptors (Lipinski definition) is 6. The zero-order valence-corrected chi connectivity index (χ0v) is 16.3. The van der Waals surface area contributed by atoms with E-state index in [1.807, 2.05) is 19.1 Å². The Kier molecular flexibility index (Phi) is 5.94. The van der Waals surface area contributed by atoms with E-state index >= 15 is 0 Å². The first-order valence-electron chi connectivity index (χ1n) is 8.03. The van der Waals surface area contributed by atoms with Crippen LogP contribution in [0.3, 0.4) is 0 Å². The Morgan fingerprint density at radius 1 is 1.14 bits per heavy atom. The summed E-state index contributed by atoms with van der Waals surface area (Å²) in [5.41, 5.74) is -0.551. The molecular formula is C18H12ClF3N4O2S. The molecule has 0 bridgehead atoms. The number of anilines is 2. The zero-order valence-electron chi connectivity index (χ0n) is 14.7. The van der Waals surface area contributed by atoms with E-state index in [0.29, 0.717) is 4.90 Å². The van der Waals surface area contributed by atoms with Crippen molar-refractivity contribution in [2.24, 2.45) is 0 Å². The summed E-state index contributed by atoms with van der Waals surface area (Å²) in [4.78, 5) is 19.4. The van der Waals surface area contributed by atoms with E-state index < -0.39 is 22.4 Å². The fraction of sp³-hybridized carbons (Fsp3) is 0.111. The topological polar surface area (TPSA) is 81.0 Å². The molecular weight excluding hydrogens is 429 g/mol. The number of nitrogens with one attached hydrogen (secondary N) is 1. The number of halogens is 4. The van der Waals surface area contributed by atoms with Gasteiger partial charge in [0.15, 0.2) is 5.03 Å². The lowest BCUT2D eigenvalue weighted by Crippen LogP contribution is -2.07. The van der Waals surface area contributed by atoms with Crippen LogP contribution in [0.15, 0.2) is 58.7 Å². The van der Waals surface area contributed by atoms with Crippen molar-refractivity contribution in [2.45, 2.75) is 23.0 Å². The highest BCUT2D eigenvalue weighted by molar-refractivity contribution is 7.99. The highest BCUT2D eigenvalue weighted by atomic mass is 35.5. The standard InChI is InChI=1S/C18H12ClF3N4O2S/c1-10-2-5-12(6-3-10)29-17-15(26(27)28)16(23-9-24-17)25-14-8-11(18(20,21)22)4-7-13(14)19/h2-9H,1H3,(H,23,24,25). The average molecular weight is 441 g/mol. The maximum Gasteiger partial charge on any atom is 0.416 e. The van der Waals surface area contributed by atoms with Crippen LogP contribution in [0.4, 0.5) is 30.4 Å². The first-order valence-corrected chi connectivity index (χ1v) is 9.22. The van der Waals surface area contributed by atoms with E-state index in [-0.39, 0.29) is 21.6 Å². The van der Waals surface area contributed by atoms with Gasteiger partial charge in [0.1, 0.15) is 6.33 Å². The van der Waals surface area contributed by atoms with Crippen molar-refractivity contribution in [3.8, 4) is 0 Å². The van der Waals surface area contributed by atoms with Crippen molar-refractivity contribution in [1.29, 1.82) is 0 Å². The molecule has 0 amide bonds. The lowest BCUT2D eigenvalue weighted by atomic mass is 10.2. The quantitative estimate of drug-likeness (QED) is 0.286. The number of benzene rings is 2. The number of hydrogen-bond donors (Lipinski definition) is 1. The minimum atomic E-state index is -4.59. The number of aromatic nitrogens is 2. The minimum absolute atomic E-state index is 0.0412. The summed E-state index contributed by atoms with van der Waals surface area (Å²) in [5, 5.41) is 14.2. The van der Waals surface area contributed by atoms with E-state index in [4.69, 9.17) is 11.6 Å². The molecule has 0 aliphatic carbocycles. The highest BCUT2D eigenvalue weighted by Gasteiger charge is 2.31. The molecule has 1 heterocycles. The van der Waals surface area contributed by atoms with Crippen molar-refractivity contribution in [2.75, 3.05) is 5.32 Å². The van der Waals surface area contributed by atoms with Gasteiger partial charge in [0.2, 0.25) is 5.82 Å². The van der Waals surface area contributed by atoms with Gasteiger partial charge in [-0.1, -0.05) is 41.1 Å². The molecule has 29 heavy (non-hydrogen) atoms. The van der Waals surface area contributed by atoms with Crippen LogP contribution >= 0.6 is 23.4 Å².